The number of nitriles is 1. The molecule has 0 spiro atoms. The van der Waals surface area contributed by atoms with Gasteiger partial charge in [0.15, 0.2) is 0 Å². The third-order valence-electron chi connectivity index (χ3n) is 4.41. The number of rotatable bonds is 5. The lowest BCUT2D eigenvalue weighted by Crippen LogP contribution is -2.15. The Morgan fingerprint density at radius 1 is 1.11 bits per heavy atom. The second kappa shape index (κ2) is 7.72. The number of hydrogen-bond donors (Lipinski definition) is 0. The average molecular weight is 368 g/mol. The molecule has 2 aromatic heterocycles. The fraction of sp³-hybridized carbons (Fsp3) is 0.0909. The van der Waals surface area contributed by atoms with Gasteiger partial charge in [-0.25, -0.2) is 4.98 Å². The van der Waals surface area contributed by atoms with E-state index in [1.807, 2.05) is 42.5 Å². The lowest BCUT2D eigenvalue weighted by atomic mass is 10.1. The number of carbonyl (C=O) groups is 1. The van der Waals surface area contributed by atoms with Crippen LogP contribution in [0.25, 0.3) is 11.3 Å². The molecule has 0 unspecified atom stereocenters. The third kappa shape index (κ3) is 3.74. The smallest absolute Gasteiger partial charge is 0.239 e. The molecule has 4 rings (SSSR count). The van der Waals surface area contributed by atoms with Crippen molar-refractivity contribution >= 4 is 5.91 Å². The van der Waals surface area contributed by atoms with Crippen LogP contribution in [0.15, 0.2) is 77.7 Å². The third-order valence-corrected chi connectivity index (χ3v) is 4.41. The molecule has 2 aromatic carbocycles. The lowest BCUT2D eigenvalue weighted by molar-refractivity contribution is 0.0902. The van der Waals surface area contributed by atoms with Gasteiger partial charge in [-0.2, -0.15) is 5.26 Å². The van der Waals surface area contributed by atoms with E-state index in [0.717, 1.165) is 16.8 Å². The van der Waals surface area contributed by atoms with Gasteiger partial charge in [0.2, 0.25) is 5.91 Å². The standard InChI is InChI=1S/C22H16N4O2/c23-13-17-8-6-16(7-9-17)10-19-14-24-15-26(19)22(27)12-20-11-21(25-28-20)18-4-2-1-3-5-18/h1-9,11,14-15H,10,12H2. The second-order valence-electron chi connectivity index (χ2n) is 6.36. The van der Waals surface area contributed by atoms with Crippen molar-refractivity contribution in [2.24, 2.45) is 0 Å². The van der Waals surface area contributed by atoms with Gasteiger partial charge in [0, 0.05) is 29.9 Å². The summed E-state index contributed by atoms with van der Waals surface area (Å²) in [5.41, 5.74) is 4.02. The van der Waals surface area contributed by atoms with Gasteiger partial charge in [-0.3, -0.25) is 9.36 Å². The lowest BCUT2D eigenvalue weighted by Gasteiger charge is -2.06. The summed E-state index contributed by atoms with van der Waals surface area (Å²) >= 11 is 0. The van der Waals surface area contributed by atoms with E-state index in [1.54, 1.807) is 24.4 Å². The summed E-state index contributed by atoms with van der Waals surface area (Å²) in [6.45, 7) is 0. The maximum absolute atomic E-state index is 12.7. The predicted molar refractivity (Wildman–Crippen MR) is 102 cm³/mol. The zero-order valence-electron chi connectivity index (χ0n) is 14.9. The Labute approximate surface area is 161 Å². The fourth-order valence-electron chi connectivity index (χ4n) is 2.96. The summed E-state index contributed by atoms with van der Waals surface area (Å²) in [4.78, 5) is 16.8. The minimum Gasteiger partial charge on any atom is -0.360 e. The van der Waals surface area contributed by atoms with Crippen LogP contribution in [0, 0.1) is 11.3 Å². The van der Waals surface area contributed by atoms with Crippen molar-refractivity contribution in [3.8, 4) is 17.3 Å². The molecule has 0 radical (unpaired) electrons. The molecule has 0 aliphatic heterocycles. The molecule has 28 heavy (non-hydrogen) atoms. The van der Waals surface area contributed by atoms with Crippen LogP contribution >= 0.6 is 0 Å². The van der Waals surface area contributed by atoms with E-state index in [4.69, 9.17) is 9.78 Å². The molecular formula is C22H16N4O2. The summed E-state index contributed by atoms with van der Waals surface area (Å²) in [6.07, 6.45) is 3.82. The molecule has 0 saturated heterocycles. The first kappa shape index (κ1) is 17.4. The van der Waals surface area contributed by atoms with Gasteiger partial charge in [-0.15, -0.1) is 0 Å². The van der Waals surface area contributed by atoms with Crippen molar-refractivity contribution in [3.05, 3.63) is 95.8 Å². The first-order valence-electron chi connectivity index (χ1n) is 8.77. The molecule has 136 valence electrons. The minimum atomic E-state index is -0.142. The summed E-state index contributed by atoms with van der Waals surface area (Å²) in [5.74, 6) is 0.360. The molecule has 4 aromatic rings. The van der Waals surface area contributed by atoms with E-state index in [1.165, 1.54) is 10.9 Å². The van der Waals surface area contributed by atoms with Crippen LogP contribution in [-0.4, -0.2) is 20.6 Å². The SMILES string of the molecule is N#Cc1ccc(Cc2cncn2C(=O)Cc2cc(-c3ccccc3)no2)cc1. The van der Waals surface area contributed by atoms with Gasteiger partial charge in [-0.1, -0.05) is 47.6 Å². The Morgan fingerprint density at radius 2 is 1.89 bits per heavy atom. The highest BCUT2D eigenvalue weighted by molar-refractivity contribution is 5.81. The molecule has 0 bridgehead atoms. The van der Waals surface area contributed by atoms with E-state index in [2.05, 4.69) is 16.2 Å². The molecule has 0 atom stereocenters. The number of hydrogen-bond acceptors (Lipinski definition) is 5. The van der Waals surface area contributed by atoms with E-state index in [9.17, 15) is 4.79 Å². The molecule has 0 saturated carbocycles. The summed E-state index contributed by atoms with van der Waals surface area (Å²) in [6, 6.07) is 20.8. The molecule has 0 amide bonds. The second-order valence-corrected chi connectivity index (χ2v) is 6.36. The zero-order valence-corrected chi connectivity index (χ0v) is 14.9. The summed E-state index contributed by atoms with van der Waals surface area (Å²) < 4.78 is 6.87. The van der Waals surface area contributed by atoms with Crippen LogP contribution in [0.1, 0.15) is 27.4 Å². The first-order valence-corrected chi connectivity index (χ1v) is 8.77. The molecule has 0 aliphatic carbocycles. The topological polar surface area (TPSA) is 84.7 Å². The number of carbonyl (C=O) groups excluding carboxylic acids is 1. The molecule has 0 aliphatic rings. The van der Waals surface area contributed by atoms with Crippen LogP contribution in [0.3, 0.4) is 0 Å². The quantitative estimate of drug-likeness (QED) is 0.534. The Balaban J connectivity index is 1.48. The zero-order chi connectivity index (χ0) is 19.3. The maximum atomic E-state index is 12.7. The van der Waals surface area contributed by atoms with E-state index in [0.29, 0.717) is 23.4 Å². The highest BCUT2D eigenvalue weighted by Crippen LogP contribution is 2.19. The Hall–Kier alpha value is -3.98. The Bertz CT molecular complexity index is 1140. The first-order chi connectivity index (χ1) is 13.7. The monoisotopic (exact) mass is 368 g/mol. The van der Waals surface area contributed by atoms with Crippen molar-refractivity contribution in [1.82, 2.24) is 14.7 Å². The normalized spacial score (nSPS) is 10.5. The van der Waals surface area contributed by atoms with E-state index in [-0.39, 0.29) is 12.3 Å². The molecule has 6 heteroatoms. The number of imidazole rings is 1. The number of aromatic nitrogens is 3. The van der Waals surface area contributed by atoms with Gasteiger partial charge in [-0.05, 0) is 17.7 Å². The van der Waals surface area contributed by atoms with Crippen molar-refractivity contribution < 1.29 is 9.32 Å². The van der Waals surface area contributed by atoms with Crippen LogP contribution < -0.4 is 0 Å². The van der Waals surface area contributed by atoms with Gasteiger partial charge in [0.25, 0.3) is 0 Å². The fourth-order valence-corrected chi connectivity index (χ4v) is 2.96. The number of benzene rings is 2. The van der Waals surface area contributed by atoms with Crippen molar-refractivity contribution in [3.63, 3.8) is 0 Å². The van der Waals surface area contributed by atoms with Crippen LogP contribution in [-0.2, 0) is 12.8 Å². The molecule has 2 heterocycles. The molecule has 0 fully saturated rings. The van der Waals surface area contributed by atoms with Crippen molar-refractivity contribution in [1.29, 1.82) is 5.26 Å². The summed E-state index contributed by atoms with van der Waals surface area (Å²) in [7, 11) is 0. The molecule has 0 N–H and O–H groups in total. The number of nitrogens with zero attached hydrogens (tertiary/aromatic N) is 4. The van der Waals surface area contributed by atoms with Crippen LogP contribution in [0.2, 0.25) is 0 Å². The van der Waals surface area contributed by atoms with Crippen LogP contribution in [0.5, 0.6) is 0 Å². The highest BCUT2D eigenvalue weighted by Gasteiger charge is 2.15. The van der Waals surface area contributed by atoms with Gasteiger partial charge < -0.3 is 4.52 Å². The average Bonchev–Trinajstić information content (AvgIpc) is 3.39. The Kier molecular flexibility index (Phi) is 4.81. The van der Waals surface area contributed by atoms with Crippen molar-refractivity contribution in [2.45, 2.75) is 12.8 Å². The van der Waals surface area contributed by atoms with Gasteiger partial charge in [0.05, 0.1) is 18.1 Å². The van der Waals surface area contributed by atoms with E-state index < -0.39 is 0 Å². The molecule has 6 nitrogen and oxygen atoms in total. The van der Waals surface area contributed by atoms with Crippen molar-refractivity contribution in [2.75, 3.05) is 0 Å². The largest absolute Gasteiger partial charge is 0.360 e. The molecular weight excluding hydrogens is 352 g/mol. The van der Waals surface area contributed by atoms with Crippen LogP contribution in [0.4, 0.5) is 0 Å². The predicted octanol–water partition coefficient (Wildman–Crippen LogP) is 3.88. The Morgan fingerprint density at radius 3 is 2.64 bits per heavy atom. The van der Waals surface area contributed by atoms with Gasteiger partial charge in [0.1, 0.15) is 17.8 Å². The van der Waals surface area contributed by atoms with Gasteiger partial charge >= 0.3 is 0 Å². The highest BCUT2D eigenvalue weighted by atomic mass is 16.5. The summed E-state index contributed by atoms with van der Waals surface area (Å²) in [5, 5.41) is 12.9. The maximum Gasteiger partial charge on any atom is 0.239 e. The minimum absolute atomic E-state index is 0.0938. The van der Waals surface area contributed by atoms with E-state index >= 15 is 0 Å².